The molecule has 0 spiro atoms. The van der Waals surface area contributed by atoms with Gasteiger partial charge in [0.2, 0.25) is 5.91 Å². The lowest BCUT2D eigenvalue weighted by Crippen LogP contribution is -2.49. The van der Waals surface area contributed by atoms with Gasteiger partial charge in [-0.15, -0.1) is 0 Å². The number of carbonyl (C=O) groups excluding carboxylic acids is 1. The summed E-state index contributed by atoms with van der Waals surface area (Å²) in [6.45, 7) is 2.80. The summed E-state index contributed by atoms with van der Waals surface area (Å²) >= 11 is 7.65. The molecule has 1 amide bonds. The highest BCUT2D eigenvalue weighted by Crippen LogP contribution is 2.34. The molecule has 4 heterocycles. The highest BCUT2D eigenvalue weighted by molar-refractivity contribution is 7.99. The molecular weight excluding hydrogens is 484 g/mol. The van der Waals surface area contributed by atoms with E-state index in [1.807, 2.05) is 59.5 Å². The van der Waals surface area contributed by atoms with E-state index in [1.165, 1.54) is 11.8 Å². The fourth-order valence-electron chi connectivity index (χ4n) is 4.76. The predicted octanol–water partition coefficient (Wildman–Crippen LogP) is 3.62. The zero-order chi connectivity index (χ0) is 23.9. The number of halogens is 1. The molecule has 1 fully saturated rings. The highest BCUT2D eigenvalue weighted by Gasteiger charge is 2.31. The molecule has 35 heavy (non-hydrogen) atoms. The highest BCUT2D eigenvalue weighted by atomic mass is 35.5. The fraction of sp³-hybridized carbons (Fsp3) is 0.280. The summed E-state index contributed by atoms with van der Waals surface area (Å²) in [5.74, 6) is 0.725. The summed E-state index contributed by atoms with van der Waals surface area (Å²) in [5, 5.41) is 6.22. The molecule has 6 rings (SSSR count). The maximum Gasteiger partial charge on any atom is 0.265 e. The van der Waals surface area contributed by atoms with Gasteiger partial charge in [0.1, 0.15) is 5.39 Å². The van der Waals surface area contributed by atoms with Gasteiger partial charge in [0.25, 0.3) is 5.56 Å². The third kappa shape index (κ3) is 4.08. The molecule has 1 atom stereocenters. The fourth-order valence-corrected chi connectivity index (χ4v) is 6.07. The first-order valence-corrected chi connectivity index (χ1v) is 12.9. The van der Waals surface area contributed by atoms with E-state index in [1.54, 1.807) is 15.4 Å². The maximum absolute atomic E-state index is 13.4. The molecule has 0 aliphatic carbocycles. The van der Waals surface area contributed by atoms with Crippen molar-refractivity contribution in [2.45, 2.75) is 17.6 Å². The van der Waals surface area contributed by atoms with Crippen molar-refractivity contribution in [1.29, 1.82) is 0 Å². The van der Waals surface area contributed by atoms with E-state index in [-0.39, 0.29) is 23.9 Å². The Labute approximate surface area is 211 Å². The van der Waals surface area contributed by atoms with Crippen LogP contribution >= 0.6 is 23.4 Å². The molecule has 0 radical (unpaired) electrons. The molecule has 4 aromatic rings. The molecule has 2 aliphatic rings. The van der Waals surface area contributed by atoms with Gasteiger partial charge in [-0.05, 0) is 30.3 Å². The van der Waals surface area contributed by atoms with Gasteiger partial charge >= 0.3 is 0 Å². The monoisotopic (exact) mass is 506 g/mol. The summed E-state index contributed by atoms with van der Waals surface area (Å²) in [4.78, 5) is 35.4. The Morgan fingerprint density at radius 1 is 1.03 bits per heavy atom. The Kier molecular flexibility index (Phi) is 5.74. The Hall–Kier alpha value is -3.30. The van der Waals surface area contributed by atoms with Crippen LogP contribution in [-0.2, 0) is 4.79 Å². The molecule has 10 heteroatoms. The van der Waals surface area contributed by atoms with Gasteiger partial charge in [0.05, 0.1) is 17.9 Å². The van der Waals surface area contributed by atoms with E-state index >= 15 is 0 Å². The molecule has 1 unspecified atom stereocenters. The molecule has 1 saturated heterocycles. The number of carbonyl (C=O) groups is 1. The number of para-hydroxylation sites is 1. The Bertz CT molecular complexity index is 1460. The van der Waals surface area contributed by atoms with Crippen LogP contribution in [0.3, 0.4) is 0 Å². The van der Waals surface area contributed by atoms with Crippen molar-refractivity contribution >= 4 is 46.0 Å². The van der Waals surface area contributed by atoms with Gasteiger partial charge in [0, 0.05) is 49.1 Å². The van der Waals surface area contributed by atoms with Crippen LogP contribution in [0.15, 0.2) is 70.7 Å². The third-order valence-corrected chi connectivity index (χ3v) is 7.92. The molecule has 0 saturated carbocycles. The van der Waals surface area contributed by atoms with Crippen molar-refractivity contribution in [3.05, 3.63) is 76.2 Å². The van der Waals surface area contributed by atoms with Gasteiger partial charge < -0.3 is 9.80 Å². The van der Waals surface area contributed by atoms with Crippen molar-refractivity contribution < 1.29 is 4.79 Å². The summed E-state index contributed by atoms with van der Waals surface area (Å²) in [5.41, 5.74) is 2.33. The molecule has 0 N–H and O–H groups in total. The number of nitrogens with zero attached hydrogens (tertiary/aromatic N) is 6. The number of anilines is 1. The van der Waals surface area contributed by atoms with Crippen molar-refractivity contribution in [2.75, 3.05) is 36.8 Å². The summed E-state index contributed by atoms with van der Waals surface area (Å²) < 4.78 is 3.38. The topological polar surface area (TPSA) is 76.3 Å². The zero-order valence-corrected chi connectivity index (χ0v) is 20.5. The average Bonchev–Trinajstić information content (AvgIpc) is 3.49. The molecule has 2 aromatic carbocycles. The van der Waals surface area contributed by atoms with Gasteiger partial charge in [-0.2, -0.15) is 5.10 Å². The smallest absolute Gasteiger partial charge is 0.265 e. The molecular formula is C25H23ClN6O2S. The molecule has 8 nitrogen and oxygen atoms in total. The number of hydrogen-bond acceptors (Lipinski definition) is 6. The van der Waals surface area contributed by atoms with Crippen molar-refractivity contribution in [3.8, 4) is 5.69 Å². The second-order valence-electron chi connectivity index (χ2n) is 8.72. The Morgan fingerprint density at radius 2 is 1.80 bits per heavy atom. The van der Waals surface area contributed by atoms with Gasteiger partial charge in [0.15, 0.2) is 10.8 Å². The van der Waals surface area contributed by atoms with E-state index in [0.717, 1.165) is 24.5 Å². The van der Waals surface area contributed by atoms with Crippen LogP contribution in [0, 0.1) is 0 Å². The Balaban J connectivity index is 1.18. The van der Waals surface area contributed by atoms with E-state index in [0.29, 0.717) is 40.1 Å². The van der Waals surface area contributed by atoms with E-state index in [2.05, 4.69) is 10.00 Å². The molecule has 2 aromatic heterocycles. The maximum atomic E-state index is 13.4. The molecule has 178 valence electrons. The van der Waals surface area contributed by atoms with Crippen molar-refractivity contribution in [2.24, 2.45) is 0 Å². The third-order valence-electron chi connectivity index (χ3n) is 6.59. The summed E-state index contributed by atoms with van der Waals surface area (Å²) in [7, 11) is 0. The summed E-state index contributed by atoms with van der Waals surface area (Å²) in [6.07, 6.45) is 1.86. The van der Waals surface area contributed by atoms with Crippen LogP contribution in [0.5, 0.6) is 0 Å². The van der Waals surface area contributed by atoms with E-state index in [4.69, 9.17) is 16.6 Å². The minimum absolute atomic E-state index is 0.0705. The second kappa shape index (κ2) is 9.05. The number of fused-ring (bicyclic) bond motifs is 2. The summed E-state index contributed by atoms with van der Waals surface area (Å²) in [6, 6.07) is 17.2. The number of rotatable bonds is 4. The van der Waals surface area contributed by atoms with Crippen LogP contribution in [0.25, 0.3) is 16.7 Å². The first-order valence-electron chi connectivity index (χ1n) is 11.6. The van der Waals surface area contributed by atoms with E-state index in [9.17, 15) is 9.59 Å². The number of aromatic nitrogens is 4. The average molecular weight is 507 g/mol. The van der Waals surface area contributed by atoms with Gasteiger partial charge in [-0.25, -0.2) is 9.67 Å². The van der Waals surface area contributed by atoms with Crippen molar-refractivity contribution in [3.63, 3.8) is 0 Å². The Morgan fingerprint density at radius 3 is 2.57 bits per heavy atom. The van der Waals surface area contributed by atoms with Crippen LogP contribution in [0.2, 0.25) is 5.02 Å². The van der Waals surface area contributed by atoms with Gasteiger partial charge in [-0.3, -0.25) is 14.2 Å². The number of benzene rings is 2. The van der Waals surface area contributed by atoms with Crippen LogP contribution < -0.4 is 10.5 Å². The first-order chi connectivity index (χ1) is 17.1. The van der Waals surface area contributed by atoms with Crippen LogP contribution in [0.1, 0.15) is 12.5 Å². The number of amides is 1. The van der Waals surface area contributed by atoms with E-state index < -0.39 is 0 Å². The normalized spacial score (nSPS) is 17.7. The van der Waals surface area contributed by atoms with Crippen LogP contribution in [-0.4, -0.2) is 62.1 Å². The minimum Gasteiger partial charge on any atom is -0.368 e. The number of piperazine rings is 1. The zero-order valence-electron chi connectivity index (χ0n) is 18.9. The first kappa shape index (κ1) is 22.2. The molecule has 0 bridgehead atoms. The number of hydrogen-bond donors (Lipinski definition) is 0. The second-order valence-corrected chi connectivity index (χ2v) is 10.1. The lowest BCUT2D eigenvalue weighted by Gasteiger charge is -2.36. The largest absolute Gasteiger partial charge is 0.368 e. The lowest BCUT2D eigenvalue weighted by molar-refractivity contribution is -0.132. The quantitative estimate of drug-likeness (QED) is 0.393. The minimum atomic E-state index is -0.210. The van der Waals surface area contributed by atoms with Crippen LogP contribution in [0.4, 0.5) is 5.69 Å². The number of thioether (sulfide) groups is 1. The SMILES string of the molecule is O=C(CC1CSc2nc3c(cnn3-c3ccccc3)c(=O)n21)N1CCN(c2cccc(Cl)c2)CC1. The standard InChI is InChI=1S/C25H23ClN6O2S/c26-17-5-4-8-19(13-17)29-9-11-30(12-10-29)22(33)14-20-16-35-25-28-23-21(24(34)31(20)25)15-27-32(23)18-6-2-1-3-7-18/h1-8,13,15,20H,9-12,14,16H2. The van der Waals surface area contributed by atoms with Gasteiger partial charge in [-0.1, -0.05) is 47.6 Å². The lowest BCUT2D eigenvalue weighted by atomic mass is 10.1. The van der Waals surface area contributed by atoms with Crippen molar-refractivity contribution in [1.82, 2.24) is 24.2 Å². The predicted molar refractivity (Wildman–Crippen MR) is 138 cm³/mol. The molecule has 2 aliphatic heterocycles.